The second-order valence-corrected chi connectivity index (χ2v) is 14.5. The first-order valence-electron chi connectivity index (χ1n) is 18.2. The van der Waals surface area contributed by atoms with E-state index in [1.807, 2.05) is 12.1 Å². The molecule has 0 aliphatic heterocycles. The molecule has 0 amide bonds. The van der Waals surface area contributed by atoms with Crippen LogP contribution < -0.4 is 4.90 Å². The van der Waals surface area contributed by atoms with Crippen LogP contribution in [0, 0.1) is 41.5 Å². The lowest BCUT2D eigenvalue weighted by Crippen LogP contribution is -2.10. The molecule has 1 aliphatic carbocycles. The average Bonchev–Trinajstić information content (AvgIpc) is 3.37. The Hall–Kier alpha value is -6.32. The molecular weight excluding hydrogens is 647 g/mol. The van der Waals surface area contributed by atoms with Gasteiger partial charge in [-0.15, -0.1) is 0 Å². The third-order valence-electron chi connectivity index (χ3n) is 10.5. The third-order valence-corrected chi connectivity index (χ3v) is 10.5. The number of benzene rings is 7. The molecule has 3 heteroatoms. The van der Waals surface area contributed by atoms with Gasteiger partial charge in [0.05, 0.1) is 5.57 Å². The topological polar surface area (TPSA) is 37.4 Å². The van der Waals surface area contributed by atoms with E-state index in [4.69, 9.17) is 0 Å². The molecule has 0 aromatic heterocycles. The van der Waals surface area contributed by atoms with Crippen LogP contribution in [0.1, 0.15) is 59.7 Å². The van der Waals surface area contributed by atoms with Crippen LogP contribution in [-0.2, 0) is 0 Å². The van der Waals surface area contributed by atoms with Crippen molar-refractivity contribution in [2.45, 2.75) is 41.5 Å². The first kappa shape index (κ1) is 33.8. The fraction of sp³-hybridized carbons (Fsp3) is 0.120. The molecule has 0 saturated carbocycles. The van der Waals surface area contributed by atoms with Crippen LogP contribution >= 0.6 is 0 Å². The summed E-state index contributed by atoms with van der Waals surface area (Å²) in [6.45, 7) is 13.1. The Morgan fingerprint density at radius 2 is 0.849 bits per heavy atom. The van der Waals surface area contributed by atoms with Crippen LogP contribution in [0.2, 0.25) is 0 Å². The van der Waals surface area contributed by atoms with Gasteiger partial charge in [-0.1, -0.05) is 102 Å². The molecule has 0 atom stereocenters. The Balaban J connectivity index is 1.19. The second-order valence-electron chi connectivity index (χ2n) is 14.5. The Morgan fingerprint density at radius 1 is 0.434 bits per heavy atom. The lowest BCUT2D eigenvalue weighted by molar-refractivity contribution is 0.0990. The molecule has 8 rings (SSSR count). The van der Waals surface area contributed by atoms with Crippen molar-refractivity contribution in [3.8, 4) is 22.3 Å². The summed E-state index contributed by atoms with van der Waals surface area (Å²) >= 11 is 0. The van der Waals surface area contributed by atoms with E-state index in [0.717, 1.165) is 33.4 Å². The molecule has 0 bridgehead atoms. The van der Waals surface area contributed by atoms with Crippen LogP contribution in [0.4, 0.5) is 17.1 Å². The van der Waals surface area contributed by atoms with Crippen molar-refractivity contribution in [2.75, 3.05) is 4.90 Å². The quantitative estimate of drug-likeness (QED) is 0.129. The van der Waals surface area contributed by atoms with Gasteiger partial charge in [0.1, 0.15) is 0 Å². The number of carbonyl (C=O) groups is 2. The number of ketones is 2. The molecule has 258 valence electrons. The van der Waals surface area contributed by atoms with Crippen molar-refractivity contribution in [1.29, 1.82) is 0 Å². The smallest absolute Gasteiger partial charge is 0.197 e. The Labute approximate surface area is 311 Å². The number of anilines is 3. The zero-order valence-electron chi connectivity index (χ0n) is 31.0. The maximum atomic E-state index is 13.1. The highest BCUT2D eigenvalue weighted by Gasteiger charge is 2.32. The lowest BCUT2D eigenvalue weighted by atomic mass is 9.93. The summed E-state index contributed by atoms with van der Waals surface area (Å²) < 4.78 is 0. The SMILES string of the molecule is Cc1cc(C)c(-c2ccc(N(c3ccc(-c4c(C)cc(C)cc4C)cc3)c3ccc4cc(C=C5C(=O)c6ccccc6C5=O)ccc4c3)cc2)c(C)c1. The number of carbonyl (C=O) groups excluding carboxylic acids is 2. The highest BCUT2D eigenvalue weighted by atomic mass is 16.2. The average molecular weight is 688 g/mol. The Bertz CT molecular complexity index is 2460. The maximum absolute atomic E-state index is 13.1. The van der Waals surface area contributed by atoms with Gasteiger partial charge in [0.25, 0.3) is 0 Å². The van der Waals surface area contributed by atoms with Gasteiger partial charge in [-0.05, 0) is 151 Å². The largest absolute Gasteiger partial charge is 0.310 e. The van der Waals surface area contributed by atoms with Crippen molar-refractivity contribution in [3.63, 3.8) is 0 Å². The maximum Gasteiger partial charge on any atom is 0.197 e. The molecule has 0 radical (unpaired) electrons. The molecule has 53 heavy (non-hydrogen) atoms. The summed E-state index contributed by atoms with van der Waals surface area (Å²) in [5.74, 6) is -0.428. The lowest BCUT2D eigenvalue weighted by Gasteiger charge is -2.26. The number of aryl methyl sites for hydroxylation is 6. The summed E-state index contributed by atoms with van der Waals surface area (Å²) in [7, 11) is 0. The van der Waals surface area contributed by atoms with Gasteiger partial charge in [0.15, 0.2) is 11.6 Å². The molecule has 0 fully saturated rings. The van der Waals surface area contributed by atoms with Crippen molar-refractivity contribution < 1.29 is 9.59 Å². The van der Waals surface area contributed by atoms with E-state index in [1.54, 1.807) is 30.3 Å². The van der Waals surface area contributed by atoms with E-state index >= 15 is 0 Å². The van der Waals surface area contributed by atoms with Gasteiger partial charge >= 0.3 is 0 Å². The molecule has 7 aromatic carbocycles. The first-order chi connectivity index (χ1) is 25.5. The molecule has 1 aliphatic rings. The molecule has 7 aromatic rings. The van der Waals surface area contributed by atoms with Crippen LogP contribution in [0.3, 0.4) is 0 Å². The number of hydrogen-bond acceptors (Lipinski definition) is 3. The zero-order valence-corrected chi connectivity index (χ0v) is 31.0. The number of Topliss-reactive ketones (excluding diaryl/α,β-unsaturated/α-hetero) is 2. The molecule has 3 nitrogen and oxygen atoms in total. The number of rotatable bonds is 6. The highest BCUT2D eigenvalue weighted by molar-refractivity contribution is 6.41. The van der Waals surface area contributed by atoms with E-state index in [2.05, 4.69) is 144 Å². The minimum Gasteiger partial charge on any atom is -0.310 e. The second kappa shape index (κ2) is 13.3. The van der Waals surface area contributed by atoms with E-state index in [0.29, 0.717) is 11.1 Å². The van der Waals surface area contributed by atoms with Gasteiger partial charge in [-0.25, -0.2) is 0 Å². The Kier molecular flexibility index (Phi) is 8.51. The fourth-order valence-electron chi connectivity index (χ4n) is 8.32. The van der Waals surface area contributed by atoms with Gasteiger partial charge in [0, 0.05) is 28.2 Å². The highest BCUT2D eigenvalue weighted by Crippen LogP contribution is 2.40. The Morgan fingerprint density at radius 3 is 1.32 bits per heavy atom. The van der Waals surface area contributed by atoms with Crippen LogP contribution in [-0.4, -0.2) is 11.6 Å². The molecule has 0 spiro atoms. The minimum atomic E-state index is -0.214. The standard InChI is InChI=1S/C50H41NO2/c1-30-23-32(3)47(33(4)24-30)37-13-18-41(19-14-37)51(42-20-15-38(16-21-42)48-34(5)25-31(2)26-35(48)6)43-22-17-39-27-36(11-12-40(39)29-43)28-46-49(52)44-9-7-8-10-45(44)50(46)53/h7-29H,1-6H3. The molecule has 0 saturated heterocycles. The van der Waals surface area contributed by atoms with Crippen molar-refractivity contribution in [1.82, 2.24) is 0 Å². The predicted octanol–water partition coefficient (Wildman–Crippen LogP) is 13.0. The fourth-order valence-corrected chi connectivity index (χ4v) is 8.32. The number of hydrogen-bond donors (Lipinski definition) is 0. The summed E-state index contributed by atoms with van der Waals surface area (Å²) in [5, 5.41) is 2.09. The van der Waals surface area contributed by atoms with Gasteiger partial charge in [0.2, 0.25) is 0 Å². The van der Waals surface area contributed by atoms with E-state index in [1.165, 1.54) is 55.6 Å². The van der Waals surface area contributed by atoms with Crippen molar-refractivity contribution in [3.05, 3.63) is 189 Å². The first-order valence-corrected chi connectivity index (χ1v) is 18.2. The van der Waals surface area contributed by atoms with Crippen molar-refractivity contribution >= 4 is 45.5 Å². The zero-order chi connectivity index (χ0) is 37.0. The van der Waals surface area contributed by atoms with Gasteiger partial charge in [-0.2, -0.15) is 0 Å². The van der Waals surface area contributed by atoms with E-state index in [-0.39, 0.29) is 17.1 Å². The van der Waals surface area contributed by atoms with Crippen LogP contribution in [0.15, 0.2) is 139 Å². The summed E-state index contributed by atoms with van der Waals surface area (Å²) in [6, 6.07) is 46.4. The number of fused-ring (bicyclic) bond motifs is 2. The number of nitrogens with zero attached hydrogens (tertiary/aromatic N) is 1. The summed E-state index contributed by atoms with van der Waals surface area (Å²) in [6.07, 6.45) is 1.72. The van der Waals surface area contributed by atoms with E-state index < -0.39 is 0 Å². The molecule has 0 N–H and O–H groups in total. The van der Waals surface area contributed by atoms with Crippen molar-refractivity contribution in [2.24, 2.45) is 0 Å². The van der Waals surface area contributed by atoms with Crippen LogP contribution in [0.25, 0.3) is 39.1 Å². The van der Waals surface area contributed by atoms with E-state index in [9.17, 15) is 9.59 Å². The number of allylic oxidation sites excluding steroid dienone is 1. The molecule has 0 unspecified atom stereocenters. The normalized spacial score (nSPS) is 12.4. The third kappa shape index (κ3) is 6.19. The minimum absolute atomic E-state index is 0.214. The van der Waals surface area contributed by atoms with Gasteiger partial charge in [-0.3, -0.25) is 9.59 Å². The summed E-state index contributed by atoms with van der Waals surface area (Å²) in [4.78, 5) is 28.4. The summed E-state index contributed by atoms with van der Waals surface area (Å²) in [5.41, 5.74) is 17.8. The molecule has 0 heterocycles. The monoisotopic (exact) mass is 687 g/mol. The van der Waals surface area contributed by atoms with Crippen LogP contribution in [0.5, 0.6) is 0 Å². The molecular formula is C50H41NO2. The predicted molar refractivity (Wildman–Crippen MR) is 221 cm³/mol. The van der Waals surface area contributed by atoms with Gasteiger partial charge < -0.3 is 4.90 Å².